The largest absolute Gasteiger partial charge is 0.378 e. The molecule has 146 valence electrons. The van der Waals surface area contributed by atoms with Crippen LogP contribution in [-0.2, 0) is 18.4 Å². The molecule has 5 heterocycles. The number of rotatable bonds is 5. The Bertz CT molecular complexity index is 1310. The van der Waals surface area contributed by atoms with E-state index < -0.39 is 0 Å². The number of aromatic nitrogens is 8. The summed E-state index contributed by atoms with van der Waals surface area (Å²) in [4.78, 5) is 9.19. The van der Waals surface area contributed by atoms with Crippen LogP contribution in [0.3, 0.4) is 0 Å². The van der Waals surface area contributed by atoms with Crippen LogP contribution in [0.5, 0.6) is 0 Å². The van der Waals surface area contributed by atoms with Gasteiger partial charge in [-0.05, 0) is 30.7 Å². The lowest BCUT2D eigenvalue weighted by atomic mass is 10.1. The van der Waals surface area contributed by atoms with Crippen molar-refractivity contribution in [3.8, 4) is 11.3 Å². The Kier molecular flexibility index (Phi) is 4.09. The summed E-state index contributed by atoms with van der Waals surface area (Å²) in [6, 6.07) is 8.28. The Morgan fingerprint density at radius 3 is 2.76 bits per heavy atom. The molecule has 5 rings (SSSR count). The van der Waals surface area contributed by atoms with E-state index in [1.165, 1.54) is 0 Å². The standard InChI is InChI=1S/C20H20N8O/c1-13(14-4-5-16-6-7-17(12-29-3)27(16)11-14)28-20-19(24-25-28)21-9-18(23-20)15-8-22-26(2)10-15/h4-11,13H,12H2,1-3H3. The molecule has 0 aromatic carbocycles. The van der Waals surface area contributed by atoms with Gasteiger partial charge < -0.3 is 9.14 Å². The third-order valence-corrected chi connectivity index (χ3v) is 5.09. The van der Waals surface area contributed by atoms with Crippen LogP contribution in [0, 0.1) is 0 Å². The van der Waals surface area contributed by atoms with Gasteiger partial charge in [-0.25, -0.2) is 14.6 Å². The molecule has 0 saturated heterocycles. The van der Waals surface area contributed by atoms with Gasteiger partial charge in [-0.2, -0.15) is 5.10 Å². The zero-order chi connectivity index (χ0) is 20.0. The third-order valence-electron chi connectivity index (χ3n) is 5.09. The summed E-state index contributed by atoms with van der Waals surface area (Å²) in [7, 11) is 3.57. The van der Waals surface area contributed by atoms with Gasteiger partial charge in [0.2, 0.25) is 5.65 Å². The fourth-order valence-electron chi connectivity index (χ4n) is 3.51. The van der Waals surface area contributed by atoms with Crippen molar-refractivity contribution >= 4 is 16.8 Å². The maximum Gasteiger partial charge on any atom is 0.221 e. The highest BCUT2D eigenvalue weighted by Gasteiger charge is 2.17. The van der Waals surface area contributed by atoms with E-state index in [0.717, 1.165) is 28.0 Å². The van der Waals surface area contributed by atoms with E-state index in [-0.39, 0.29) is 6.04 Å². The first-order chi connectivity index (χ1) is 14.1. The topological polar surface area (TPSA) is 88.0 Å². The van der Waals surface area contributed by atoms with E-state index in [0.29, 0.717) is 17.9 Å². The SMILES string of the molecule is COCc1ccc2ccc(C(C)n3nnc4ncc(-c5cnn(C)c5)nc43)cn12. The Balaban J connectivity index is 1.57. The second-order valence-corrected chi connectivity index (χ2v) is 7.03. The van der Waals surface area contributed by atoms with E-state index in [1.54, 1.807) is 24.2 Å². The Hall–Kier alpha value is -3.59. The number of aryl methyl sites for hydroxylation is 1. The summed E-state index contributed by atoms with van der Waals surface area (Å²) in [5.41, 5.74) is 6.11. The monoisotopic (exact) mass is 388 g/mol. The molecule has 0 aliphatic rings. The highest BCUT2D eigenvalue weighted by atomic mass is 16.5. The number of hydrogen-bond donors (Lipinski definition) is 0. The molecule has 0 bridgehead atoms. The Labute approximate surface area is 166 Å². The van der Waals surface area contributed by atoms with Crippen LogP contribution < -0.4 is 0 Å². The zero-order valence-corrected chi connectivity index (χ0v) is 16.4. The van der Waals surface area contributed by atoms with Gasteiger partial charge in [0.25, 0.3) is 0 Å². The fourth-order valence-corrected chi connectivity index (χ4v) is 3.51. The predicted molar refractivity (Wildman–Crippen MR) is 107 cm³/mol. The van der Waals surface area contributed by atoms with Gasteiger partial charge in [-0.1, -0.05) is 11.3 Å². The summed E-state index contributed by atoms with van der Waals surface area (Å²) in [6.07, 6.45) is 7.49. The van der Waals surface area contributed by atoms with Crippen molar-refractivity contribution in [2.24, 2.45) is 7.05 Å². The van der Waals surface area contributed by atoms with Gasteiger partial charge in [0.1, 0.15) is 0 Å². The van der Waals surface area contributed by atoms with Gasteiger partial charge in [0, 0.05) is 43.3 Å². The molecular formula is C20H20N8O. The third kappa shape index (κ3) is 2.95. The summed E-state index contributed by atoms with van der Waals surface area (Å²) >= 11 is 0. The summed E-state index contributed by atoms with van der Waals surface area (Å²) in [5, 5.41) is 12.7. The molecular weight excluding hydrogens is 368 g/mol. The molecule has 0 radical (unpaired) electrons. The van der Waals surface area contributed by atoms with Crippen LogP contribution in [0.1, 0.15) is 24.2 Å². The van der Waals surface area contributed by atoms with E-state index in [4.69, 9.17) is 9.72 Å². The van der Waals surface area contributed by atoms with Gasteiger partial charge in [0.15, 0.2) is 5.65 Å². The van der Waals surface area contributed by atoms with Gasteiger partial charge in [0.05, 0.1) is 30.7 Å². The van der Waals surface area contributed by atoms with Crippen molar-refractivity contribution in [3.63, 3.8) is 0 Å². The second-order valence-electron chi connectivity index (χ2n) is 7.03. The van der Waals surface area contributed by atoms with Gasteiger partial charge in [-0.3, -0.25) is 4.68 Å². The Morgan fingerprint density at radius 1 is 1.10 bits per heavy atom. The van der Waals surface area contributed by atoms with Crippen molar-refractivity contribution in [1.82, 2.24) is 39.1 Å². The minimum atomic E-state index is -0.0688. The molecule has 0 spiro atoms. The average Bonchev–Trinajstić information content (AvgIpc) is 3.45. The van der Waals surface area contributed by atoms with E-state index in [9.17, 15) is 0 Å². The van der Waals surface area contributed by atoms with Crippen LogP contribution in [0.25, 0.3) is 28.1 Å². The molecule has 0 amide bonds. The first-order valence-electron chi connectivity index (χ1n) is 9.30. The maximum atomic E-state index is 5.31. The number of methoxy groups -OCH3 is 1. The first-order valence-corrected chi connectivity index (χ1v) is 9.30. The molecule has 29 heavy (non-hydrogen) atoms. The Morgan fingerprint density at radius 2 is 1.97 bits per heavy atom. The number of hydrogen-bond acceptors (Lipinski definition) is 6. The normalized spacial score (nSPS) is 12.8. The highest BCUT2D eigenvalue weighted by molar-refractivity contribution is 5.69. The summed E-state index contributed by atoms with van der Waals surface area (Å²) in [5.74, 6) is 0. The molecule has 0 saturated carbocycles. The van der Waals surface area contributed by atoms with Crippen LogP contribution in [0.2, 0.25) is 0 Å². The van der Waals surface area contributed by atoms with Crippen LogP contribution in [0.4, 0.5) is 0 Å². The van der Waals surface area contributed by atoms with Crippen LogP contribution >= 0.6 is 0 Å². The van der Waals surface area contributed by atoms with Gasteiger partial charge in [-0.15, -0.1) is 5.10 Å². The molecule has 0 fully saturated rings. The first kappa shape index (κ1) is 17.5. The smallest absolute Gasteiger partial charge is 0.221 e. The highest BCUT2D eigenvalue weighted by Crippen LogP contribution is 2.24. The molecule has 0 N–H and O–H groups in total. The van der Waals surface area contributed by atoms with Gasteiger partial charge >= 0.3 is 0 Å². The molecule has 5 aromatic rings. The quantitative estimate of drug-likeness (QED) is 0.460. The summed E-state index contributed by atoms with van der Waals surface area (Å²) in [6.45, 7) is 2.63. The molecule has 0 aliphatic heterocycles. The van der Waals surface area contributed by atoms with E-state index >= 15 is 0 Å². The zero-order valence-electron chi connectivity index (χ0n) is 16.4. The maximum absolute atomic E-state index is 5.31. The average molecular weight is 388 g/mol. The van der Waals surface area contributed by atoms with Crippen molar-refractivity contribution in [1.29, 1.82) is 0 Å². The molecule has 5 aromatic heterocycles. The number of ether oxygens (including phenoxy) is 1. The predicted octanol–water partition coefficient (Wildman–Crippen LogP) is 2.63. The molecule has 1 atom stereocenters. The van der Waals surface area contributed by atoms with Crippen molar-refractivity contribution < 1.29 is 4.74 Å². The summed E-state index contributed by atoms with van der Waals surface area (Å²) < 4.78 is 11.0. The van der Waals surface area contributed by atoms with E-state index in [2.05, 4.69) is 62.2 Å². The fraction of sp³-hybridized carbons (Fsp3) is 0.250. The lowest BCUT2D eigenvalue weighted by Crippen LogP contribution is -2.11. The number of nitrogens with zero attached hydrogens (tertiary/aromatic N) is 8. The van der Waals surface area contributed by atoms with Crippen molar-refractivity contribution in [3.05, 3.63) is 60.3 Å². The van der Waals surface area contributed by atoms with E-state index in [1.807, 2.05) is 17.9 Å². The number of pyridine rings is 1. The molecule has 9 nitrogen and oxygen atoms in total. The second kappa shape index (κ2) is 6.78. The van der Waals surface area contributed by atoms with Crippen molar-refractivity contribution in [2.75, 3.05) is 7.11 Å². The molecule has 1 unspecified atom stereocenters. The minimum absolute atomic E-state index is 0.0688. The lowest BCUT2D eigenvalue weighted by molar-refractivity contribution is 0.181. The van der Waals surface area contributed by atoms with Crippen LogP contribution in [-0.4, -0.2) is 46.3 Å². The molecule has 0 aliphatic carbocycles. The van der Waals surface area contributed by atoms with Crippen LogP contribution in [0.15, 0.2) is 49.1 Å². The minimum Gasteiger partial charge on any atom is -0.378 e. The number of fused-ring (bicyclic) bond motifs is 2. The lowest BCUT2D eigenvalue weighted by Gasteiger charge is -2.14. The molecule has 9 heteroatoms. The van der Waals surface area contributed by atoms with Crippen molar-refractivity contribution in [2.45, 2.75) is 19.6 Å².